The van der Waals surface area contributed by atoms with Gasteiger partial charge in [-0.05, 0) is 89.6 Å². The summed E-state index contributed by atoms with van der Waals surface area (Å²) in [6, 6.07) is 12.0. The van der Waals surface area contributed by atoms with Gasteiger partial charge in [0.2, 0.25) is 23.6 Å². The number of nitro benzene ring substituents is 1. The second-order valence-corrected chi connectivity index (χ2v) is 13.9. The Morgan fingerprint density at radius 3 is 2.33 bits per heavy atom. The van der Waals surface area contributed by atoms with Crippen molar-refractivity contribution in [3.8, 4) is 11.5 Å². The summed E-state index contributed by atoms with van der Waals surface area (Å²) in [6.45, 7) is 1.69. The number of rotatable bonds is 5. The molecule has 2 aliphatic heterocycles. The topological polar surface area (TPSA) is 147 Å². The van der Waals surface area contributed by atoms with Gasteiger partial charge in [-0.15, -0.1) is 0 Å². The number of hydrogen-bond acceptors (Lipinski definition) is 8. The number of carbonyl (C=O) groups excluding carboxylic acids is 4. The van der Waals surface area contributed by atoms with E-state index in [4.69, 9.17) is 16.3 Å². The van der Waals surface area contributed by atoms with Crippen LogP contribution in [0.2, 0.25) is 5.02 Å². The highest BCUT2D eigenvalue weighted by atomic mass is 79.9. The van der Waals surface area contributed by atoms with E-state index in [1.807, 2.05) is 6.08 Å². The summed E-state index contributed by atoms with van der Waals surface area (Å²) >= 11 is 9.43. The number of hydrogen-bond donors (Lipinski definition) is 1. The van der Waals surface area contributed by atoms with Gasteiger partial charge in [-0.1, -0.05) is 23.3 Å². The van der Waals surface area contributed by atoms with Gasteiger partial charge in [0.25, 0.3) is 5.69 Å². The van der Waals surface area contributed by atoms with E-state index < -0.39 is 69.4 Å². The summed E-state index contributed by atoms with van der Waals surface area (Å²) in [5.41, 5.74) is -0.0772. The fourth-order valence-corrected chi connectivity index (χ4v) is 8.79. The number of phenolic OH excluding ortho intramolecular Hbond substituents is 1. The molecule has 2 heterocycles. The second-order valence-electron chi connectivity index (χ2n) is 12.6. The average molecular weight is 739 g/mol. The normalized spacial score (nSPS) is 27.9. The molecule has 0 bridgehead atoms. The molecule has 0 spiro atoms. The van der Waals surface area contributed by atoms with Crippen molar-refractivity contribution in [3.63, 3.8) is 0 Å². The van der Waals surface area contributed by atoms with Crippen LogP contribution in [-0.2, 0) is 19.2 Å². The lowest BCUT2D eigenvalue weighted by Crippen LogP contribution is -2.48. The molecule has 4 amide bonds. The first-order valence-electron chi connectivity index (χ1n) is 15.0. The van der Waals surface area contributed by atoms with E-state index in [2.05, 4.69) is 15.9 Å². The third-order valence-electron chi connectivity index (χ3n) is 10.4. The molecule has 246 valence electrons. The first-order chi connectivity index (χ1) is 22.8. The van der Waals surface area contributed by atoms with E-state index in [1.165, 1.54) is 43.5 Å². The smallest absolute Gasteiger partial charge is 0.269 e. The zero-order chi connectivity index (χ0) is 34.4. The Bertz CT molecular complexity index is 2000. The van der Waals surface area contributed by atoms with Gasteiger partial charge in [0, 0.05) is 18.1 Å². The van der Waals surface area contributed by atoms with Crippen LogP contribution >= 0.6 is 27.5 Å². The molecule has 0 aromatic heterocycles. The van der Waals surface area contributed by atoms with Crippen LogP contribution in [0.25, 0.3) is 0 Å². The summed E-state index contributed by atoms with van der Waals surface area (Å²) in [5.74, 6) is -6.86. The lowest BCUT2D eigenvalue weighted by atomic mass is 9.51. The van der Waals surface area contributed by atoms with Crippen LogP contribution in [0.3, 0.4) is 0 Å². The Morgan fingerprint density at radius 1 is 1.00 bits per heavy atom. The number of fused-ring (bicyclic) bond motifs is 4. The van der Waals surface area contributed by atoms with Crippen LogP contribution in [0.15, 0.2) is 70.7 Å². The Morgan fingerprint density at radius 2 is 1.69 bits per heavy atom. The fourth-order valence-electron chi connectivity index (χ4n) is 8.16. The van der Waals surface area contributed by atoms with E-state index in [1.54, 1.807) is 19.1 Å². The summed E-state index contributed by atoms with van der Waals surface area (Å²) in [5, 5.41) is 21.6. The Hall–Kier alpha value is -4.62. The first-order valence-corrected chi connectivity index (χ1v) is 16.2. The molecular formula is C34H26BrClFN3O8. The van der Waals surface area contributed by atoms with Crippen LogP contribution in [0, 0.1) is 45.0 Å². The minimum absolute atomic E-state index is 0.0690. The number of halogens is 3. The van der Waals surface area contributed by atoms with E-state index in [0.717, 1.165) is 15.9 Å². The third kappa shape index (κ3) is 4.43. The SMILES string of the molecule is COc1cc([C@H]2C3=CC[C@@H]4C(=O)N(c5ccc([N+](=O)[O-])cc5)C(=O)[C@@H]4[C@@H]3C[C@H]3C(=O)N(c4ccc(F)c(Cl)c4)C(=O)[C@@]23C)cc(Br)c1O. The molecular weight excluding hydrogens is 713 g/mol. The maximum atomic E-state index is 14.6. The fraction of sp³-hybridized carbons (Fsp3) is 0.294. The molecule has 0 radical (unpaired) electrons. The minimum Gasteiger partial charge on any atom is -0.503 e. The van der Waals surface area contributed by atoms with E-state index in [-0.39, 0.29) is 50.9 Å². The molecule has 11 nitrogen and oxygen atoms in total. The maximum absolute atomic E-state index is 14.6. The van der Waals surface area contributed by atoms with Crippen molar-refractivity contribution in [2.75, 3.05) is 16.9 Å². The number of carbonyl (C=O) groups is 4. The number of allylic oxidation sites excluding steroid dienone is 2. The van der Waals surface area contributed by atoms with Crippen LogP contribution in [0.4, 0.5) is 21.5 Å². The summed E-state index contributed by atoms with van der Waals surface area (Å²) in [6.07, 6.45) is 2.11. The molecule has 14 heteroatoms. The van der Waals surface area contributed by atoms with Crippen molar-refractivity contribution in [2.45, 2.75) is 25.7 Å². The zero-order valence-electron chi connectivity index (χ0n) is 25.4. The number of benzene rings is 3. The zero-order valence-corrected chi connectivity index (χ0v) is 27.7. The highest BCUT2D eigenvalue weighted by molar-refractivity contribution is 9.10. The van der Waals surface area contributed by atoms with Crippen molar-refractivity contribution >= 4 is 68.2 Å². The quantitative estimate of drug-likeness (QED) is 0.139. The highest BCUT2D eigenvalue weighted by Crippen LogP contribution is 2.64. The van der Waals surface area contributed by atoms with Crippen molar-refractivity contribution in [3.05, 3.63) is 97.2 Å². The summed E-state index contributed by atoms with van der Waals surface area (Å²) in [4.78, 5) is 69.6. The van der Waals surface area contributed by atoms with Crippen molar-refractivity contribution in [1.29, 1.82) is 0 Å². The largest absolute Gasteiger partial charge is 0.503 e. The molecule has 1 N–H and O–H groups in total. The van der Waals surface area contributed by atoms with Gasteiger partial charge in [-0.3, -0.25) is 34.2 Å². The molecule has 2 aliphatic carbocycles. The number of phenols is 1. The number of imide groups is 2. The number of nitro groups is 1. The van der Waals surface area contributed by atoms with Crippen LogP contribution in [0.1, 0.15) is 31.2 Å². The number of amides is 4. The second kappa shape index (κ2) is 11.2. The van der Waals surface area contributed by atoms with Crippen LogP contribution in [-0.4, -0.2) is 40.8 Å². The van der Waals surface area contributed by atoms with Gasteiger partial charge < -0.3 is 9.84 Å². The number of nitrogens with zero attached hydrogens (tertiary/aromatic N) is 3. The molecule has 48 heavy (non-hydrogen) atoms. The molecule has 4 aliphatic rings. The van der Waals surface area contributed by atoms with Gasteiger partial charge in [-0.25, -0.2) is 9.29 Å². The van der Waals surface area contributed by atoms with Crippen LogP contribution < -0.4 is 14.5 Å². The van der Waals surface area contributed by atoms with Gasteiger partial charge >= 0.3 is 0 Å². The average Bonchev–Trinajstić information content (AvgIpc) is 3.43. The van der Waals surface area contributed by atoms with Crippen LogP contribution in [0.5, 0.6) is 11.5 Å². The highest BCUT2D eigenvalue weighted by Gasteiger charge is 2.67. The molecule has 6 atom stereocenters. The number of aromatic hydroxyl groups is 1. The number of ether oxygens (including phenoxy) is 1. The number of non-ortho nitro benzene ring substituents is 1. The van der Waals surface area contributed by atoms with Crippen molar-refractivity contribution in [2.24, 2.45) is 29.1 Å². The lowest BCUT2D eigenvalue weighted by Gasteiger charge is -2.49. The third-order valence-corrected chi connectivity index (χ3v) is 11.3. The summed E-state index contributed by atoms with van der Waals surface area (Å²) in [7, 11) is 1.38. The van der Waals surface area contributed by atoms with E-state index in [9.17, 15) is 38.8 Å². The molecule has 3 aromatic carbocycles. The lowest BCUT2D eigenvalue weighted by molar-refractivity contribution is -0.384. The predicted molar refractivity (Wildman–Crippen MR) is 174 cm³/mol. The predicted octanol–water partition coefficient (Wildman–Crippen LogP) is 6.30. The Labute approximate surface area is 286 Å². The molecule has 3 fully saturated rings. The van der Waals surface area contributed by atoms with E-state index >= 15 is 0 Å². The molecule has 7 rings (SSSR count). The molecule has 1 saturated carbocycles. The van der Waals surface area contributed by atoms with E-state index in [0.29, 0.717) is 11.1 Å². The number of anilines is 2. The van der Waals surface area contributed by atoms with Crippen molar-refractivity contribution < 1.29 is 38.3 Å². The van der Waals surface area contributed by atoms with Gasteiger partial charge in [0.15, 0.2) is 11.5 Å². The minimum atomic E-state index is -1.40. The Balaban J connectivity index is 1.37. The first kappa shape index (κ1) is 32.0. The van der Waals surface area contributed by atoms with Crippen molar-refractivity contribution in [1.82, 2.24) is 0 Å². The monoisotopic (exact) mass is 737 g/mol. The Kier molecular flexibility index (Phi) is 7.48. The summed E-state index contributed by atoms with van der Waals surface area (Å²) < 4.78 is 19.8. The number of methoxy groups -OCH3 is 1. The molecule has 0 unspecified atom stereocenters. The maximum Gasteiger partial charge on any atom is 0.269 e. The van der Waals surface area contributed by atoms with Gasteiger partial charge in [-0.2, -0.15) is 0 Å². The standard InChI is InChI=1S/C34H26BrClFN3O8/c1-34-22(31(43)39(33(34)45)18-7-10-25(37)24(36)13-18)14-21-19(28(34)15-11-23(35)29(41)26(12-15)48-2)8-9-20-27(21)32(44)38(30(20)42)16-3-5-17(6-4-16)40(46)47/h3-8,10-13,20-22,27-28,41H,9,14H2,1-2H3/t20-,21+,22-,27-,28-,34+/m0/s1. The molecule has 2 saturated heterocycles. The van der Waals surface area contributed by atoms with Gasteiger partial charge in [0.1, 0.15) is 5.82 Å². The van der Waals surface area contributed by atoms with Gasteiger partial charge in [0.05, 0.1) is 56.1 Å². The molecule has 3 aromatic rings.